The standard InChI is InChI=1S/C28H38BF3N6O5/c30-28(31,32)17-7-4-16(5-8-17)6-10-24(27(41)37-21-3-1-2-18(12-21)29(42)43)38-26(40)23(35)9-11-25(39)36-22-14-19(33)13-20(34)15-22/h1-5,7-8,12,19-20,22-24,42-43H,6,9-11,13-15,33-35H2,(H,36,39)(H,37,41)(H,38,40). The molecule has 4 unspecified atom stereocenters. The van der Waals surface area contributed by atoms with Gasteiger partial charge in [0.15, 0.2) is 0 Å². The first-order chi connectivity index (χ1) is 20.2. The third kappa shape index (κ3) is 10.9. The van der Waals surface area contributed by atoms with Crippen LogP contribution in [0.15, 0.2) is 48.5 Å². The van der Waals surface area contributed by atoms with E-state index in [2.05, 4.69) is 16.0 Å². The van der Waals surface area contributed by atoms with Gasteiger partial charge in [0.1, 0.15) is 6.04 Å². The number of hydrogen-bond donors (Lipinski definition) is 8. The van der Waals surface area contributed by atoms with E-state index in [1.54, 1.807) is 0 Å². The van der Waals surface area contributed by atoms with Crippen LogP contribution in [0.4, 0.5) is 18.9 Å². The van der Waals surface area contributed by atoms with Crippen LogP contribution in [0.1, 0.15) is 49.7 Å². The summed E-state index contributed by atoms with van der Waals surface area (Å²) >= 11 is 0. The molecule has 4 atom stereocenters. The van der Waals surface area contributed by atoms with Gasteiger partial charge in [0, 0.05) is 30.2 Å². The smallest absolute Gasteiger partial charge is 0.423 e. The van der Waals surface area contributed by atoms with Gasteiger partial charge in [-0.3, -0.25) is 14.4 Å². The summed E-state index contributed by atoms with van der Waals surface area (Å²) in [5, 5.41) is 26.9. The Morgan fingerprint density at radius 3 is 2.21 bits per heavy atom. The van der Waals surface area contributed by atoms with Gasteiger partial charge in [0.2, 0.25) is 17.7 Å². The summed E-state index contributed by atoms with van der Waals surface area (Å²) in [4.78, 5) is 38.6. The van der Waals surface area contributed by atoms with Crippen molar-refractivity contribution < 1.29 is 37.6 Å². The monoisotopic (exact) mass is 606 g/mol. The number of amides is 3. The predicted molar refractivity (Wildman–Crippen MR) is 156 cm³/mol. The number of carbonyl (C=O) groups excluding carboxylic acids is 3. The fourth-order valence-corrected chi connectivity index (χ4v) is 4.97. The van der Waals surface area contributed by atoms with Gasteiger partial charge in [-0.2, -0.15) is 13.2 Å². The van der Waals surface area contributed by atoms with Crippen LogP contribution in [-0.4, -0.2) is 65.1 Å². The van der Waals surface area contributed by atoms with Crippen molar-refractivity contribution in [2.45, 2.75) is 81.3 Å². The van der Waals surface area contributed by atoms with Crippen molar-refractivity contribution in [1.29, 1.82) is 0 Å². The highest BCUT2D eigenvalue weighted by molar-refractivity contribution is 6.58. The number of anilines is 1. The summed E-state index contributed by atoms with van der Waals surface area (Å²) < 4.78 is 38.8. The van der Waals surface area contributed by atoms with Gasteiger partial charge >= 0.3 is 13.3 Å². The highest BCUT2D eigenvalue weighted by Crippen LogP contribution is 2.29. The molecule has 1 saturated carbocycles. The third-order valence-corrected chi connectivity index (χ3v) is 7.25. The molecule has 0 saturated heterocycles. The van der Waals surface area contributed by atoms with Crippen molar-refractivity contribution in [1.82, 2.24) is 10.6 Å². The van der Waals surface area contributed by atoms with Gasteiger partial charge in [-0.25, -0.2) is 0 Å². The van der Waals surface area contributed by atoms with E-state index in [0.29, 0.717) is 24.8 Å². The van der Waals surface area contributed by atoms with Gasteiger partial charge < -0.3 is 43.2 Å². The lowest BCUT2D eigenvalue weighted by Gasteiger charge is -2.31. The molecule has 0 radical (unpaired) electrons. The minimum Gasteiger partial charge on any atom is -0.423 e. The maximum absolute atomic E-state index is 13.2. The Kier molecular flexibility index (Phi) is 12.1. The molecule has 1 aliphatic rings. The van der Waals surface area contributed by atoms with Crippen molar-refractivity contribution >= 4 is 36.0 Å². The molecule has 3 rings (SSSR count). The van der Waals surface area contributed by atoms with Crippen LogP contribution in [0.2, 0.25) is 0 Å². The van der Waals surface area contributed by atoms with Gasteiger partial charge in [-0.15, -0.1) is 0 Å². The molecule has 43 heavy (non-hydrogen) atoms. The Balaban J connectivity index is 1.62. The number of halogens is 3. The molecule has 11 N–H and O–H groups in total. The van der Waals surface area contributed by atoms with E-state index in [1.165, 1.54) is 36.4 Å². The van der Waals surface area contributed by atoms with Crippen molar-refractivity contribution in [3.63, 3.8) is 0 Å². The Morgan fingerprint density at radius 1 is 0.953 bits per heavy atom. The van der Waals surface area contributed by atoms with Crippen LogP contribution in [-0.2, 0) is 27.0 Å². The van der Waals surface area contributed by atoms with Gasteiger partial charge in [-0.05, 0) is 73.8 Å². The zero-order chi connectivity index (χ0) is 31.7. The van der Waals surface area contributed by atoms with E-state index < -0.39 is 42.8 Å². The first kappa shape index (κ1) is 34.0. The number of aryl methyl sites for hydroxylation is 1. The van der Waals surface area contributed by atoms with Crippen LogP contribution in [0.3, 0.4) is 0 Å². The zero-order valence-electron chi connectivity index (χ0n) is 23.5. The molecule has 234 valence electrons. The summed E-state index contributed by atoms with van der Waals surface area (Å²) in [7, 11) is -1.77. The highest BCUT2D eigenvalue weighted by Gasteiger charge is 2.30. The largest absolute Gasteiger partial charge is 0.488 e. The Bertz CT molecular complexity index is 1240. The molecule has 15 heteroatoms. The fraction of sp³-hybridized carbons (Fsp3) is 0.464. The van der Waals surface area contributed by atoms with E-state index in [4.69, 9.17) is 17.2 Å². The average Bonchev–Trinajstić information content (AvgIpc) is 2.93. The van der Waals surface area contributed by atoms with Crippen LogP contribution < -0.4 is 38.6 Å². The molecular formula is C28H38BF3N6O5. The zero-order valence-corrected chi connectivity index (χ0v) is 23.5. The molecule has 2 aromatic carbocycles. The number of alkyl halides is 3. The molecule has 3 amide bonds. The third-order valence-electron chi connectivity index (χ3n) is 7.25. The molecule has 2 aromatic rings. The Labute approximate surface area is 247 Å². The number of hydrogen-bond acceptors (Lipinski definition) is 8. The highest BCUT2D eigenvalue weighted by atomic mass is 19.4. The number of carbonyl (C=O) groups is 3. The molecule has 0 bridgehead atoms. The SMILES string of the molecule is NC1CC(N)CC(NC(=O)CCC(N)C(=O)NC(CCc2ccc(C(F)(F)F)cc2)C(=O)Nc2cccc(B(O)O)c2)C1. The van der Waals surface area contributed by atoms with Crippen LogP contribution in [0.25, 0.3) is 0 Å². The van der Waals surface area contributed by atoms with Crippen LogP contribution in [0.5, 0.6) is 0 Å². The lowest BCUT2D eigenvalue weighted by molar-refractivity contribution is -0.137. The molecule has 0 aromatic heterocycles. The van der Waals surface area contributed by atoms with E-state index in [1.807, 2.05) is 0 Å². The molecule has 0 aliphatic heterocycles. The molecule has 1 fully saturated rings. The number of nitrogens with one attached hydrogen (secondary N) is 3. The van der Waals surface area contributed by atoms with Crippen LogP contribution >= 0.6 is 0 Å². The Morgan fingerprint density at radius 2 is 1.60 bits per heavy atom. The summed E-state index contributed by atoms with van der Waals surface area (Å²) in [6.07, 6.45) is -2.51. The second kappa shape index (κ2) is 15.3. The maximum atomic E-state index is 13.2. The first-order valence-electron chi connectivity index (χ1n) is 14.0. The minimum absolute atomic E-state index is 0.00777. The first-order valence-corrected chi connectivity index (χ1v) is 14.0. The van der Waals surface area contributed by atoms with Crippen LogP contribution in [0, 0.1) is 0 Å². The van der Waals surface area contributed by atoms with Crippen molar-refractivity contribution in [3.8, 4) is 0 Å². The van der Waals surface area contributed by atoms with E-state index in [0.717, 1.165) is 12.1 Å². The van der Waals surface area contributed by atoms with Gasteiger partial charge in [0.05, 0.1) is 11.6 Å². The Hall–Kier alpha value is -3.50. The van der Waals surface area contributed by atoms with Gasteiger partial charge in [-0.1, -0.05) is 24.3 Å². The minimum atomic E-state index is -4.49. The van der Waals surface area contributed by atoms with Crippen molar-refractivity contribution in [2.24, 2.45) is 17.2 Å². The predicted octanol–water partition coefficient (Wildman–Crippen LogP) is -0.128. The molecule has 0 spiro atoms. The number of nitrogens with two attached hydrogens (primary N) is 3. The van der Waals surface area contributed by atoms with E-state index in [9.17, 15) is 37.6 Å². The maximum Gasteiger partial charge on any atom is 0.488 e. The molecule has 0 heterocycles. The summed E-state index contributed by atoms with van der Waals surface area (Å²) in [5.74, 6) is -1.65. The quantitative estimate of drug-likeness (QED) is 0.153. The van der Waals surface area contributed by atoms with Crippen molar-refractivity contribution in [3.05, 3.63) is 59.7 Å². The summed E-state index contributed by atoms with van der Waals surface area (Å²) in [6.45, 7) is 0. The normalized spacial score (nSPS) is 20.0. The summed E-state index contributed by atoms with van der Waals surface area (Å²) in [5.41, 5.74) is 18.0. The summed E-state index contributed by atoms with van der Waals surface area (Å²) in [6, 6.07) is 7.58. The molecular weight excluding hydrogens is 568 g/mol. The van der Waals surface area contributed by atoms with Crippen molar-refractivity contribution in [2.75, 3.05) is 5.32 Å². The topological polar surface area (TPSA) is 206 Å². The lowest BCUT2D eigenvalue weighted by Crippen LogP contribution is -2.51. The second-order valence-corrected chi connectivity index (χ2v) is 10.9. The van der Waals surface area contributed by atoms with E-state index >= 15 is 0 Å². The van der Waals surface area contributed by atoms with E-state index in [-0.39, 0.29) is 60.9 Å². The molecule has 1 aliphatic carbocycles. The molecule has 11 nitrogen and oxygen atoms in total. The average molecular weight is 606 g/mol. The number of rotatable bonds is 12. The second-order valence-electron chi connectivity index (χ2n) is 10.9. The number of benzene rings is 2. The lowest BCUT2D eigenvalue weighted by atomic mass is 9.80. The fourth-order valence-electron chi connectivity index (χ4n) is 4.97. The van der Waals surface area contributed by atoms with Gasteiger partial charge in [0.25, 0.3) is 0 Å².